The number of urea groups is 2. The van der Waals surface area contributed by atoms with Crippen molar-refractivity contribution in [1.29, 1.82) is 0 Å². The van der Waals surface area contributed by atoms with Crippen molar-refractivity contribution in [3.05, 3.63) is 71.8 Å². The van der Waals surface area contributed by atoms with E-state index in [-0.39, 0.29) is 85.4 Å². The van der Waals surface area contributed by atoms with Gasteiger partial charge in [0.05, 0.1) is 31.3 Å². The molecule has 5 saturated heterocycles. The number of ether oxygens (including phenoxy) is 1. The van der Waals surface area contributed by atoms with Crippen molar-refractivity contribution in [2.45, 2.75) is 108 Å². The summed E-state index contributed by atoms with van der Waals surface area (Å²) in [6.45, 7) is 6.64. The second-order valence-corrected chi connectivity index (χ2v) is 15.0. The maximum atomic E-state index is 14.0. The summed E-state index contributed by atoms with van der Waals surface area (Å²) in [5, 5.41) is 2.78. The van der Waals surface area contributed by atoms with E-state index in [9.17, 15) is 28.4 Å². The normalized spacial score (nSPS) is 25.2. The summed E-state index contributed by atoms with van der Waals surface area (Å²) in [7, 11) is 0. The molecule has 5 heterocycles. The first-order valence-electron chi connectivity index (χ1n) is 18.4. The molecule has 2 aromatic rings. The van der Waals surface area contributed by atoms with Gasteiger partial charge in [-0.2, -0.15) is 10.1 Å². The third-order valence-corrected chi connectivity index (χ3v) is 9.95. The molecule has 0 spiro atoms. The number of likely N-dealkylation sites (tertiary alicyclic amines) is 1. The second kappa shape index (κ2) is 20.0. The first kappa shape index (κ1) is 44.9. The van der Waals surface area contributed by atoms with Crippen LogP contribution in [0.1, 0.15) is 64.0 Å². The Bertz CT molecular complexity index is 1640. The van der Waals surface area contributed by atoms with Crippen molar-refractivity contribution >= 4 is 30.3 Å². The Morgan fingerprint density at radius 2 is 1.36 bits per heavy atom. The maximum absolute atomic E-state index is 14.0. The summed E-state index contributed by atoms with van der Waals surface area (Å²) >= 11 is 0. The molecule has 0 saturated carbocycles. The van der Waals surface area contributed by atoms with Crippen LogP contribution in [0.3, 0.4) is 0 Å². The first-order valence-corrected chi connectivity index (χ1v) is 18.4. The monoisotopic (exact) mass is 791 g/mol. The first-order chi connectivity index (χ1) is 25.9. The number of alkyl halides is 1. The zero-order valence-electron chi connectivity index (χ0n) is 32.3. The fourth-order valence-electron chi connectivity index (χ4n) is 7.27. The summed E-state index contributed by atoms with van der Waals surface area (Å²) in [6.07, 6.45) is 2.77. The van der Waals surface area contributed by atoms with E-state index < -0.39 is 41.9 Å². The largest absolute Gasteiger partial charge is 1.00 e. The van der Waals surface area contributed by atoms with Gasteiger partial charge in [-0.25, -0.2) is 30.5 Å². The van der Waals surface area contributed by atoms with Crippen molar-refractivity contribution in [3.8, 4) is 0 Å². The van der Waals surface area contributed by atoms with Crippen molar-refractivity contribution < 1.29 is 82.6 Å². The molecule has 300 valence electrons. The average molecular weight is 792 g/mol. The molecule has 56 heavy (non-hydrogen) atoms. The van der Waals surface area contributed by atoms with Crippen LogP contribution in [-0.4, -0.2) is 129 Å². The molecule has 6 amide bonds. The van der Waals surface area contributed by atoms with Crippen LogP contribution in [0.2, 0.25) is 0 Å². The van der Waals surface area contributed by atoms with E-state index >= 15 is 0 Å². The van der Waals surface area contributed by atoms with Crippen LogP contribution in [0.4, 0.5) is 18.8 Å². The van der Waals surface area contributed by atoms with Crippen molar-refractivity contribution in [2.24, 2.45) is 0 Å². The zero-order valence-corrected chi connectivity index (χ0v) is 34.3. The van der Waals surface area contributed by atoms with Crippen LogP contribution in [0, 0.1) is 0 Å². The minimum absolute atomic E-state index is 0. The van der Waals surface area contributed by atoms with Gasteiger partial charge in [0, 0.05) is 19.5 Å². The molecule has 0 aliphatic carbocycles. The van der Waals surface area contributed by atoms with E-state index in [1.165, 1.54) is 19.9 Å². The number of nitrogens with one attached hydrogen (secondary N) is 1. The molecule has 0 unspecified atom stereocenters. The van der Waals surface area contributed by atoms with Crippen molar-refractivity contribution in [2.75, 3.05) is 26.2 Å². The Kier molecular flexibility index (Phi) is 16.1. The van der Waals surface area contributed by atoms with E-state index in [1.54, 1.807) is 25.7 Å². The van der Waals surface area contributed by atoms with Crippen LogP contribution in [0.5, 0.6) is 0 Å². The molecular formula is C38H49FN6NaO10-. The Hall–Kier alpha value is -3.84. The number of fused-ring (bicyclic) bond motifs is 4. The summed E-state index contributed by atoms with van der Waals surface area (Å²) in [5.74, 6) is -0.458. The van der Waals surface area contributed by atoms with Gasteiger partial charge in [0.1, 0.15) is 31.0 Å². The standard InChI is InChI=1S/C24H33FN4O6.C14H15N2O3.Na.H2O/c1-24(2,3)35-23(32)27-12-17(25)11-19(27)15-33-26-21(30)20-10-9-18-13-28(20)22(31)29(18)34-14-16-7-5-4-6-8-16;17-9-13-7-6-12-8-15(13)14(18)16(12)19-10-11-4-2-1-3-5-11;;/h4-8,17-20H,9-15H2,1-3H3,(H,26,30);1-5,12-13H,6-8,10H2;;1H2/q;-1;+1;/p-1/t17-,18+,19-,20-;12-,13+;;/m01../s1. The van der Waals surface area contributed by atoms with Gasteiger partial charge in [-0.1, -0.05) is 73.1 Å². The van der Waals surface area contributed by atoms with E-state index in [2.05, 4.69) is 5.48 Å². The average Bonchev–Trinajstić information content (AvgIpc) is 3.74. The van der Waals surface area contributed by atoms with Gasteiger partial charge in [-0.3, -0.25) is 24.2 Å². The number of nitrogens with zero attached hydrogens (tertiary/aromatic N) is 5. The van der Waals surface area contributed by atoms with Crippen LogP contribution in [0.25, 0.3) is 0 Å². The van der Waals surface area contributed by atoms with E-state index in [0.29, 0.717) is 39.0 Å². The molecule has 18 heteroatoms. The zero-order chi connectivity index (χ0) is 38.4. The Labute approximate surface area is 347 Å². The molecule has 2 N–H and O–H groups in total. The SMILES string of the molecule is CC(C)(C)OC(=O)N1C[C@@H](F)C[C@H]1CONC(=O)[C@@H]1CC[C@@H]2CN1C(=O)N2OCc1ccccc1.O=[C-][C@@H]1CC[C@@H]2CN1C(=O)N2OCc1ccccc1.[Na+].[OH-]. The van der Waals surface area contributed by atoms with Gasteiger partial charge in [-0.05, 0) is 51.2 Å². The number of amides is 6. The minimum Gasteiger partial charge on any atom is -0.870 e. The molecule has 7 rings (SSSR count). The number of benzene rings is 2. The summed E-state index contributed by atoms with van der Waals surface area (Å²) in [6, 6.07) is 17.0. The number of rotatable bonds is 11. The van der Waals surface area contributed by atoms with Crippen molar-refractivity contribution in [1.82, 2.24) is 30.3 Å². The molecular weight excluding hydrogens is 742 g/mol. The number of hydrogen-bond acceptors (Lipinski definition) is 10. The van der Waals surface area contributed by atoms with Gasteiger partial charge in [0.25, 0.3) is 5.91 Å². The van der Waals surface area contributed by atoms with Crippen LogP contribution in [-0.2, 0) is 42.1 Å². The van der Waals surface area contributed by atoms with E-state index in [4.69, 9.17) is 19.2 Å². The third-order valence-electron chi connectivity index (χ3n) is 9.95. The van der Waals surface area contributed by atoms with Gasteiger partial charge in [0.2, 0.25) is 0 Å². The van der Waals surface area contributed by atoms with Crippen LogP contribution in [0.15, 0.2) is 60.7 Å². The molecule has 4 bridgehead atoms. The molecule has 0 radical (unpaired) electrons. The topological polar surface area (TPSA) is 180 Å². The van der Waals surface area contributed by atoms with Gasteiger partial charge >= 0.3 is 47.7 Å². The Morgan fingerprint density at radius 1 is 0.821 bits per heavy atom. The summed E-state index contributed by atoms with van der Waals surface area (Å²) < 4.78 is 19.3. The molecule has 16 nitrogen and oxygen atoms in total. The predicted octanol–water partition coefficient (Wildman–Crippen LogP) is 1.11. The molecule has 5 aliphatic heterocycles. The molecule has 5 aliphatic rings. The summed E-state index contributed by atoms with van der Waals surface area (Å²) in [5.41, 5.74) is 3.65. The van der Waals surface area contributed by atoms with E-state index in [0.717, 1.165) is 17.5 Å². The predicted molar refractivity (Wildman–Crippen MR) is 192 cm³/mol. The number of hydroxylamine groups is 5. The smallest absolute Gasteiger partial charge is 0.870 e. The minimum atomic E-state index is -1.19. The maximum Gasteiger partial charge on any atom is 1.00 e. The molecule has 6 atom stereocenters. The molecule has 2 aromatic carbocycles. The fourth-order valence-corrected chi connectivity index (χ4v) is 7.27. The number of piperidine rings is 2. The van der Waals surface area contributed by atoms with E-state index in [1.807, 2.05) is 66.9 Å². The number of halogens is 1. The Balaban J connectivity index is 0.000000280. The molecule has 5 fully saturated rings. The fraction of sp³-hybridized carbons (Fsp3) is 0.553. The quantitative estimate of drug-likeness (QED) is 0.197. The molecule has 0 aromatic heterocycles. The number of carbonyl (C=O) groups excluding carboxylic acids is 5. The second-order valence-electron chi connectivity index (χ2n) is 15.0. The number of carbonyl (C=O) groups is 4. The van der Waals surface area contributed by atoms with Gasteiger partial charge in [0.15, 0.2) is 0 Å². The number of hydrogen-bond donors (Lipinski definition) is 1. The van der Waals surface area contributed by atoms with Gasteiger partial charge in [-0.15, -0.1) is 0 Å². The summed E-state index contributed by atoms with van der Waals surface area (Å²) in [4.78, 5) is 82.1. The van der Waals surface area contributed by atoms with Crippen LogP contribution < -0.4 is 35.0 Å². The van der Waals surface area contributed by atoms with Crippen LogP contribution >= 0.6 is 0 Å². The van der Waals surface area contributed by atoms with Crippen molar-refractivity contribution in [3.63, 3.8) is 0 Å². The van der Waals surface area contributed by atoms with Gasteiger partial charge < -0.3 is 24.8 Å². The third kappa shape index (κ3) is 11.0. The Morgan fingerprint density at radius 3 is 1.91 bits per heavy atom.